The minimum Gasteiger partial charge on any atom is -0.348 e. The lowest BCUT2D eigenvalue weighted by Gasteiger charge is -2.17. The summed E-state index contributed by atoms with van der Waals surface area (Å²) in [6, 6.07) is 7.86. The molecule has 0 N–H and O–H groups in total. The van der Waals surface area contributed by atoms with Crippen LogP contribution < -0.4 is 4.90 Å². The van der Waals surface area contributed by atoms with Crippen LogP contribution in [0.5, 0.6) is 0 Å². The van der Waals surface area contributed by atoms with Crippen molar-refractivity contribution in [1.82, 2.24) is 4.90 Å². The number of amides is 1. The molecule has 1 aromatic rings. The van der Waals surface area contributed by atoms with Gasteiger partial charge in [-0.1, -0.05) is 30.4 Å². The lowest BCUT2D eigenvalue weighted by Crippen LogP contribution is -2.33. The van der Waals surface area contributed by atoms with E-state index in [0.717, 1.165) is 11.3 Å². The van der Waals surface area contributed by atoms with Crippen molar-refractivity contribution in [2.45, 2.75) is 5.92 Å². The van der Waals surface area contributed by atoms with Gasteiger partial charge in [0.15, 0.2) is 0 Å². The highest BCUT2D eigenvalue weighted by atomic mass is 32.1. The van der Waals surface area contributed by atoms with Gasteiger partial charge in [-0.3, -0.25) is 4.79 Å². The molecule has 1 aromatic carbocycles. The number of nitrogens with zero attached hydrogens (tertiary/aromatic N) is 2. The van der Waals surface area contributed by atoms with E-state index in [4.69, 9.17) is 12.2 Å². The van der Waals surface area contributed by atoms with Crippen molar-refractivity contribution in [3.8, 4) is 0 Å². The number of likely N-dealkylation sites (N-methyl/N-ethyl adjacent to an activating group) is 2. The molecule has 2 rings (SSSR count). The molecule has 0 saturated heterocycles. The molecule has 1 heterocycles. The fourth-order valence-corrected chi connectivity index (χ4v) is 2.31. The molecule has 1 atom stereocenters. The van der Waals surface area contributed by atoms with Gasteiger partial charge in [0.1, 0.15) is 5.92 Å². The molecule has 0 aromatic heterocycles. The maximum Gasteiger partial charge on any atom is 0.236 e. The molecule has 84 valence electrons. The second-order valence-electron chi connectivity index (χ2n) is 4.12. The summed E-state index contributed by atoms with van der Waals surface area (Å²) in [6.45, 7) is 0. The first kappa shape index (κ1) is 11.1. The Morgan fingerprint density at radius 3 is 2.62 bits per heavy atom. The third-order valence-corrected chi connectivity index (χ3v) is 3.38. The van der Waals surface area contributed by atoms with Crippen LogP contribution in [-0.2, 0) is 4.79 Å². The number of hydrogen-bond acceptors (Lipinski definition) is 2. The molecule has 0 spiro atoms. The van der Waals surface area contributed by atoms with Crippen molar-refractivity contribution < 1.29 is 4.79 Å². The van der Waals surface area contributed by atoms with Crippen molar-refractivity contribution in [3.63, 3.8) is 0 Å². The Labute approximate surface area is 101 Å². The molecule has 0 saturated carbocycles. The van der Waals surface area contributed by atoms with Crippen molar-refractivity contribution in [1.29, 1.82) is 0 Å². The average Bonchev–Trinajstić information content (AvgIpc) is 2.52. The van der Waals surface area contributed by atoms with Crippen LogP contribution in [0.25, 0.3) is 0 Å². The van der Waals surface area contributed by atoms with E-state index in [2.05, 4.69) is 0 Å². The molecule has 1 aliphatic rings. The van der Waals surface area contributed by atoms with E-state index in [9.17, 15) is 4.79 Å². The van der Waals surface area contributed by atoms with Gasteiger partial charge in [0, 0.05) is 26.8 Å². The standard InChI is InChI=1S/C12H14N2OS/c1-13(2)11(15)10-8-6-4-5-7-9(8)14(3)12(10)16/h4-7,10H,1-3H3. The highest BCUT2D eigenvalue weighted by Gasteiger charge is 2.37. The summed E-state index contributed by atoms with van der Waals surface area (Å²) in [6.07, 6.45) is 0. The normalized spacial score (nSPS) is 18.6. The minimum absolute atomic E-state index is 0.0433. The van der Waals surface area contributed by atoms with Crippen molar-refractivity contribution >= 4 is 28.8 Å². The number of thiocarbonyl (C=S) groups is 1. The highest BCUT2D eigenvalue weighted by molar-refractivity contribution is 7.80. The molecule has 1 amide bonds. The van der Waals surface area contributed by atoms with E-state index in [1.165, 1.54) is 0 Å². The zero-order valence-electron chi connectivity index (χ0n) is 9.60. The molecule has 1 aliphatic heterocycles. The Balaban J connectivity index is 2.49. The smallest absolute Gasteiger partial charge is 0.236 e. The van der Waals surface area contributed by atoms with Gasteiger partial charge < -0.3 is 9.80 Å². The highest BCUT2D eigenvalue weighted by Crippen LogP contribution is 2.37. The molecule has 0 radical (unpaired) electrons. The van der Waals surface area contributed by atoms with Gasteiger partial charge in [-0.2, -0.15) is 0 Å². The Bertz CT molecular complexity index is 448. The van der Waals surface area contributed by atoms with Gasteiger partial charge in [-0.05, 0) is 11.6 Å². The van der Waals surface area contributed by atoms with Gasteiger partial charge in [0.25, 0.3) is 0 Å². The largest absolute Gasteiger partial charge is 0.348 e. The van der Waals surface area contributed by atoms with E-state index >= 15 is 0 Å². The van der Waals surface area contributed by atoms with Gasteiger partial charge in [0.05, 0.1) is 4.99 Å². The number of benzene rings is 1. The summed E-state index contributed by atoms with van der Waals surface area (Å²) in [7, 11) is 5.42. The topological polar surface area (TPSA) is 23.6 Å². The molecule has 16 heavy (non-hydrogen) atoms. The van der Waals surface area contributed by atoms with Crippen molar-refractivity contribution in [3.05, 3.63) is 29.8 Å². The summed E-state index contributed by atoms with van der Waals surface area (Å²) in [5.74, 6) is -0.256. The number of para-hydroxylation sites is 1. The van der Waals surface area contributed by atoms with Gasteiger partial charge in [-0.15, -0.1) is 0 Å². The van der Waals surface area contributed by atoms with Gasteiger partial charge in [0.2, 0.25) is 5.91 Å². The molecule has 0 fully saturated rings. The van der Waals surface area contributed by atoms with E-state index in [-0.39, 0.29) is 11.8 Å². The van der Waals surface area contributed by atoms with Gasteiger partial charge in [-0.25, -0.2) is 0 Å². The SMILES string of the molecule is CN(C)C(=O)C1C(=S)N(C)c2ccccc21. The molecule has 1 unspecified atom stereocenters. The van der Waals surface area contributed by atoms with Crippen LogP contribution in [0, 0.1) is 0 Å². The third-order valence-electron chi connectivity index (χ3n) is 2.87. The predicted molar refractivity (Wildman–Crippen MR) is 68.9 cm³/mol. The Morgan fingerprint density at radius 1 is 1.38 bits per heavy atom. The lowest BCUT2D eigenvalue weighted by atomic mass is 10.0. The Morgan fingerprint density at radius 2 is 2.00 bits per heavy atom. The number of fused-ring (bicyclic) bond motifs is 1. The maximum atomic E-state index is 12.1. The minimum atomic E-state index is -0.300. The maximum absolute atomic E-state index is 12.1. The van der Waals surface area contributed by atoms with E-state index in [0.29, 0.717) is 4.99 Å². The van der Waals surface area contributed by atoms with Crippen LogP contribution in [-0.4, -0.2) is 36.9 Å². The molecule has 0 aliphatic carbocycles. The Kier molecular flexibility index (Phi) is 2.68. The van der Waals surface area contributed by atoms with E-state index in [1.54, 1.807) is 19.0 Å². The second-order valence-corrected chi connectivity index (χ2v) is 4.54. The second kappa shape index (κ2) is 3.87. The molecule has 0 bridgehead atoms. The van der Waals surface area contributed by atoms with Crippen LogP contribution in [0.2, 0.25) is 0 Å². The fourth-order valence-electron chi connectivity index (χ4n) is 1.98. The summed E-state index contributed by atoms with van der Waals surface area (Å²) in [5.41, 5.74) is 2.04. The first-order valence-electron chi connectivity index (χ1n) is 5.11. The molecule has 3 nitrogen and oxygen atoms in total. The van der Waals surface area contributed by atoms with Crippen LogP contribution in [0.1, 0.15) is 11.5 Å². The fraction of sp³-hybridized carbons (Fsp3) is 0.333. The average molecular weight is 234 g/mol. The lowest BCUT2D eigenvalue weighted by molar-refractivity contribution is -0.128. The van der Waals surface area contributed by atoms with Crippen LogP contribution >= 0.6 is 12.2 Å². The molecular formula is C12H14N2OS. The summed E-state index contributed by atoms with van der Waals surface area (Å²) in [4.78, 5) is 16.3. The first-order chi connectivity index (χ1) is 7.54. The predicted octanol–water partition coefficient (Wildman–Crippen LogP) is 1.64. The number of rotatable bonds is 1. The summed E-state index contributed by atoms with van der Waals surface area (Å²) < 4.78 is 0. The van der Waals surface area contributed by atoms with Crippen molar-refractivity contribution in [2.24, 2.45) is 0 Å². The number of hydrogen-bond donors (Lipinski definition) is 0. The van der Waals surface area contributed by atoms with Crippen molar-refractivity contribution in [2.75, 3.05) is 26.0 Å². The zero-order valence-corrected chi connectivity index (χ0v) is 10.4. The number of anilines is 1. The van der Waals surface area contributed by atoms with E-state index in [1.807, 2.05) is 36.2 Å². The third kappa shape index (κ3) is 1.50. The Hall–Kier alpha value is -1.42. The number of carbonyl (C=O) groups is 1. The summed E-state index contributed by atoms with van der Waals surface area (Å²) >= 11 is 5.34. The van der Waals surface area contributed by atoms with E-state index < -0.39 is 0 Å². The quantitative estimate of drug-likeness (QED) is 0.690. The number of carbonyl (C=O) groups excluding carboxylic acids is 1. The summed E-state index contributed by atoms with van der Waals surface area (Å²) in [5, 5.41) is 0. The van der Waals surface area contributed by atoms with Gasteiger partial charge >= 0.3 is 0 Å². The zero-order chi connectivity index (χ0) is 11.9. The van der Waals surface area contributed by atoms with Crippen LogP contribution in [0.3, 0.4) is 0 Å². The monoisotopic (exact) mass is 234 g/mol. The van der Waals surface area contributed by atoms with Crippen LogP contribution in [0.4, 0.5) is 5.69 Å². The molecule has 4 heteroatoms. The van der Waals surface area contributed by atoms with Crippen LogP contribution in [0.15, 0.2) is 24.3 Å². The molecular weight excluding hydrogens is 220 g/mol. The first-order valence-corrected chi connectivity index (χ1v) is 5.52.